The lowest BCUT2D eigenvalue weighted by Crippen LogP contribution is -2.40. The number of hydrogen-bond donors (Lipinski definition) is 2. The topological polar surface area (TPSA) is 64.3 Å². The minimum Gasteiger partial charge on any atom is -0.492 e. The van der Waals surface area contributed by atoms with Crippen LogP contribution < -0.4 is 15.8 Å². The highest BCUT2D eigenvalue weighted by Crippen LogP contribution is 2.24. The van der Waals surface area contributed by atoms with E-state index in [9.17, 15) is 4.79 Å². The summed E-state index contributed by atoms with van der Waals surface area (Å²) in [5.41, 5.74) is 6.56. The van der Waals surface area contributed by atoms with Gasteiger partial charge in [0.05, 0.1) is 18.3 Å². The Hall–Kier alpha value is -1.55. The Labute approximate surface area is 109 Å². The van der Waals surface area contributed by atoms with Crippen LogP contribution in [0.25, 0.3) is 0 Å². The van der Waals surface area contributed by atoms with E-state index in [0.717, 1.165) is 6.42 Å². The van der Waals surface area contributed by atoms with Crippen LogP contribution in [-0.4, -0.2) is 18.6 Å². The highest BCUT2D eigenvalue weighted by Gasteiger charge is 2.20. The summed E-state index contributed by atoms with van der Waals surface area (Å²) in [4.78, 5) is 12.0. The third kappa shape index (κ3) is 3.74. The lowest BCUT2D eigenvalue weighted by molar-refractivity contribution is -0.118. The van der Waals surface area contributed by atoms with E-state index in [1.54, 1.807) is 0 Å². The van der Waals surface area contributed by atoms with Crippen LogP contribution in [0.1, 0.15) is 27.2 Å². The van der Waals surface area contributed by atoms with E-state index in [4.69, 9.17) is 10.5 Å². The smallest absolute Gasteiger partial charge is 0.241 e. The molecule has 0 bridgehead atoms. The van der Waals surface area contributed by atoms with Crippen LogP contribution in [0.5, 0.6) is 5.75 Å². The summed E-state index contributed by atoms with van der Waals surface area (Å²) in [7, 11) is 0. The maximum Gasteiger partial charge on any atom is 0.241 e. The summed E-state index contributed by atoms with van der Waals surface area (Å²) < 4.78 is 5.45. The van der Waals surface area contributed by atoms with E-state index >= 15 is 0 Å². The molecule has 1 rings (SSSR count). The van der Waals surface area contributed by atoms with Crippen LogP contribution in [0.2, 0.25) is 0 Å². The van der Waals surface area contributed by atoms with Crippen LogP contribution in [0.4, 0.5) is 5.69 Å². The lowest BCUT2D eigenvalue weighted by Gasteiger charge is -2.18. The molecule has 1 unspecified atom stereocenters. The number of nitrogens with two attached hydrogens (primary N) is 1. The van der Waals surface area contributed by atoms with Gasteiger partial charge in [0, 0.05) is 0 Å². The van der Waals surface area contributed by atoms with Crippen molar-refractivity contribution in [2.45, 2.75) is 33.2 Å². The maximum atomic E-state index is 12.0. The summed E-state index contributed by atoms with van der Waals surface area (Å²) in [6, 6.07) is 6.87. The fraction of sp³-hybridized carbons (Fsp3) is 0.500. The number of ether oxygens (including phenoxy) is 1. The number of carbonyl (C=O) groups excluding carboxylic acids is 1. The number of para-hydroxylation sites is 2. The van der Waals surface area contributed by atoms with Crippen molar-refractivity contribution in [3.63, 3.8) is 0 Å². The van der Waals surface area contributed by atoms with Gasteiger partial charge in [-0.05, 0) is 25.0 Å². The van der Waals surface area contributed by atoms with Crippen molar-refractivity contribution < 1.29 is 9.53 Å². The Morgan fingerprint density at radius 2 is 2.06 bits per heavy atom. The molecule has 4 nitrogen and oxygen atoms in total. The standard InChI is InChI=1S/C14H22N2O2/c1-4-10(3)13(15)14(17)16-11-8-6-7-9-12(11)18-5-2/h6-10,13H,4-5,15H2,1-3H3,(H,16,17)/t10?,13-/m0/s1. The van der Waals surface area contributed by atoms with Crippen LogP contribution in [-0.2, 0) is 4.79 Å². The Morgan fingerprint density at radius 3 is 2.67 bits per heavy atom. The van der Waals surface area contributed by atoms with E-state index in [2.05, 4.69) is 5.32 Å². The van der Waals surface area contributed by atoms with Gasteiger partial charge in [0.2, 0.25) is 5.91 Å². The zero-order chi connectivity index (χ0) is 13.5. The molecular weight excluding hydrogens is 228 g/mol. The summed E-state index contributed by atoms with van der Waals surface area (Å²) in [5.74, 6) is 0.658. The fourth-order valence-electron chi connectivity index (χ4n) is 1.58. The average Bonchev–Trinajstić information content (AvgIpc) is 2.39. The quantitative estimate of drug-likeness (QED) is 0.814. The molecule has 0 fully saturated rings. The third-order valence-electron chi connectivity index (χ3n) is 3.00. The van der Waals surface area contributed by atoms with Crippen molar-refractivity contribution >= 4 is 11.6 Å². The van der Waals surface area contributed by atoms with E-state index < -0.39 is 6.04 Å². The Bertz CT molecular complexity index is 393. The molecule has 18 heavy (non-hydrogen) atoms. The molecule has 0 aliphatic rings. The molecule has 1 amide bonds. The first-order valence-corrected chi connectivity index (χ1v) is 6.38. The molecule has 0 saturated carbocycles. The molecule has 100 valence electrons. The first-order valence-electron chi connectivity index (χ1n) is 6.38. The summed E-state index contributed by atoms with van der Waals surface area (Å²) in [6.45, 7) is 6.46. The second kappa shape index (κ2) is 7.01. The molecular formula is C14H22N2O2. The van der Waals surface area contributed by atoms with Gasteiger partial charge in [-0.1, -0.05) is 32.4 Å². The molecule has 0 aliphatic carbocycles. The number of rotatable bonds is 6. The van der Waals surface area contributed by atoms with Gasteiger partial charge in [-0.15, -0.1) is 0 Å². The summed E-state index contributed by atoms with van der Waals surface area (Å²) >= 11 is 0. The van der Waals surface area contributed by atoms with Crippen LogP contribution in [0.3, 0.4) is 0 Å². The van der Waals surface area contributed by atoms with E-state index in [0.29, 0.717) is 18.0 Å². The molecule has 0 aromatic heterocycles. The number of carbonyl (C=O) groups is 1. The second-order valence-corrected chi connectivity index (χ2v) is 4.33. The van der Waals surface area contributed by atoms with Crippen molar-refractivity contribution in [3.05, 3.63) is 24.3 Å². The van der Waals surface area contributed by atoms with Crippen molar-refractivity contribution in [1.29, 1.82) is 0 Å². The van der Waals surface area contributed by atoms with Gasteiger partial charge >= 0.3 is 0 Å². The van der Waals surface area contributed by atoms with Crippen molar-refractivity contribution in [2.75, 3.05) is 11.9 Å². The van der Waals surface area contributed by atoms with Crippen LogP contribution in [0, 0.1) is 5.92 Å². The molecule has 3 N–H and O–H groups in total. The highest BCUT2D eigenvalue weighted by molar-refractivity contribution is 5.96. The molecule has 1 aromatic rings. The van der Waals surface area contributed by atoms with E-state index in [-0.39, 0.29) is 11.8 Å². The largest absolute Gasteiger partial charge is 0.492 e. The first-order chi connectivity index (χ1) is 8.60. The lowest BCUT2D eigenvalue weighted by atomic mass is 9.99. The normalized spacial score (nSPS) is 13.8. The number of amides is 1. The monoisotopic (exact) mass is 250 g/mol. The number of anilines is 1. The van der Waals surface area contributed by atoms with Crippen LogP contribution in [0.15, 0.2) is 24.3 Å². The SMILES string of the molecule is CCOc1ccccc1NC(=O)[C@@H](N)C(C)CC. The third-order valence-corrected chi connectivity index (χ3v) is 3.00. The molecule has 0 spiro atoms. The van der Waals surface area contributed by atoms with Gasteiger partial charge in [-0.3, -0.25) is 4.79 Å². The number of nitrogens with one attached hydrogen (secondary N) is 1. The van der Waals surface area contributed by atoms with Gasteiger partial charge in [-0.2, -0.15) is 0 Å². The Balaban J connectivity index is 2.75. The van der Waals surface area contributed by atoms with Gasteiger partial charge < -0.3 is 15.8 Å². The van der Waals surface area contributed by atoms with Crippen molar-refractivity contribution in [2.24, 2.45) is 11.7 Å². The minimum atomic E-state index is -0.496. The molecule has 0 saturated heterocycles. The summed E-state index contributed by atoms with van der Waals surface area (Å²) in [5, 5.41) is 2.82. The minimum absolute atomic E-state index is 0.157. The number of hydrogen-bond acceptors (Lipinski definition) is 3. The highest BCUT2D eigenvalue weighted by atomic mass is 16.5. The predicted octanol–water partition coefficient (Wildman–Crippen LogP) is 2.40. The predicted molar refractivity (Wildman–Crippen MR) is 73.7 cm³/mol. The van der Waals surface area contributed by atoms with E-state index in [1.807, 2.05) is 45.0 Å². The molecule has 1 aromatic carbocycles. The zero-order valence-electron chi connectivity index (χ0n) is 11.3. The van der Waals surface area contributed by atoms with Gasteiger partial charge in [-0.25, -0.2) is 0 Å². The molecule has 4 heteroatoms. The van der Waals surface area contributed by atoms with Gasteiger partial charge in [0.1, 0.15) is 5.75 Å². The molecule has 0 aliphatic heterocycles. The fourth-order valence-corrected chi connectivity index (χ4v) is 1.58. The summed E-state index contributed by atoms with van der Waals surface area (Å²) in [6.07, 6.45) is 0.877. The van der Waals surface area contributed by atoms with E-state index in [1.165, 1.54) is 0 Å². The number of benzene rings is 1. The molecule has 0 radical (unpaired) electrons. The van der Waals surface area contributed by atoms with Crippen molar-refractivity contribution in [1.82, 2.24) is 0 Å². The second-order valence-electron chi connectivity index (χ2n) is 4.33. The van der Waals surface area contributed by atoms with Crippen LogP contribution >= 0.6 is 0 Å². The average molecular weight is 250 g/mol. The van der Waals surface area contributed by atoms with Crippen molar-refractivity contribution in [3.8, 4) is 5.75 Å². The van der Waals surface area contributed by atoms with Gasteiger partial charge in [0.15, 0.2) is 0 Å². The molecule has 2 atom stereocenters. The first kappa shape index (κ1) is 14.5. The zero-order valence-corrected chi connectivity index (χ0v) is 11.3. The Morgan fingerprint density at radius 1 is 1.39 bits per heavy atom. The molecule has 0 heterocycles. The maximum absolute atomic E-state index is 12.0. The van der Waals surface area contributed by atoms with Gasteiger partial charge in [0.25, 0.3) is 0 Å². The Kier molecular flexibility index (Phi) is 5.65.